The second-order valence-corrected chi connectivity index (χ2v) is 4.00. The van der Waals surface area contributed by atoms with Gasteiger partial charge in [0.2, 0.25) is 0 Å². The van der Waals surface area contributed by atoms with Gasteiger partial charge in [-0.15, -0.1) is 0 Å². The fourth-order valence-electron chi connectivity index (χ4n) is 1.23. The number of aliphatic hydroxyl groups excluding tert-OH is 1. The zero-order valence-corrected chi connectivity index (χ0v) is 8.89. The van der Waals surface area contributed by atoms with Crippen LogP contribution >= 0.6 is 11.6 Å². The van der Waals surface area contributed by atoms with Crippen molar-refractivity contribution in [3.63, 3.8) is 0 Å². The molecule has 0 aliphatic heterocycles. The molecule has 0 saturated carbocycles. The first-order valence-electron chi connectivity index (χ1n) is 4.68. The molecule has 1 N–H and O–H groups in total. The number of aliphatic hydroxyl groups is 1. The molecule has 0 aliphatic rings. The van der Waals surface area contributed by atoms with Crippen LogP contribution < -0.4 is 0 Å². The Bertz CT molecular complexity index is 301. The fourth-order valence-corrected chi connectivity index (χ4v) is 1.42. The molecule has 0 bridgehead atoms. The van der Waals surface area contributed by atoms with Gasteiger partial charge in [0.1, 0.15) is 5.82 Å². The van der Waals surface area contributed by atoms with Crippen molar-refractivity contribution in [3.8, 4) is 0 Å². The van der Waals surface area contributed by atoms with Crippen molar-refractivity contribution in [2.24, 2.45) is 5.92 Å². The molecule has 1 unspecified atom stereocenters. The first kappa shape index (κ1) is 11.5. The standard InChI is InChI=1S/C11H14ClFO/c1-8(7-14)2-3-9-6-10(12)4-5-11(9)13/h4-6,8,14H,2-3,7H2,1H3. The Labute approximate surface area is 88.5 Å². The SMILES string of the molecule is CC(CO)CCc1cc(Cl)ccc1F. The van der Waals surface area contributed by atoms with E-state index in [2.05, 4.69) is 0 Å². The fraction of sp³-hybridized carbons (Fsp3) is 0.455. The third-order valence-corrected chi connectivity index (χ3v) is 2.46. The number of halogens is 2. The largest absolute Gasteiger partial charge is 0.396 e. The topological polar surface area (TPSA) is 20.2 Å². The minimum Gasteiger partial charge on any atom is -0.396 e. The summed E-state index contributed by atoms with van der Waals surface area (Å²) in [7, 11) is 0. The molecule has 1 nitrogen and oxygen atoms in total. The lowest BCUT2D eigenvalue weighted by Gasteiger charge is -2.08. The number of rotatable bonds is 4. The number of benzene rings is 1. The summed E-state index contributed by atoms with van der Waals surface area (Å²) < 4.78 is 13.2. The summed E-state index contributed by atoms with van der Waals surface area (Å²) in [6.45, 7) is 2.07. The molecule has 0 saturated heterocycles. The molecule has 0 amide bonds. The quantitative estimate of drug-likeness (QED) is 0.820. The third kappa shape index (κ3) is 3.28. The van der Waals surface area contributed by atoms with Crippen molar-refractivity contribution in [2.75, 3.05) is 6.61 Å². The minimum absolute atomic E-state index is 0.141. The van der Waals surface area contributed by atoms with Crippen molar-refractivity contribution in [3.05, 3.63) is 34.6 Å². The maximum absolute atomic E-state index is 13.2. The van der Waals surface area contributed by atoms with Gasteiger partial charge in [-0.25, -0.2) is 4.39 Å². The molecule has 0 spiro atoms. The Kier molecular flexibility index (Phi) is 4.36. The van der Waals surface area contributed by atoms with Gasteiger partial charge in [0, 0.05) is 11.6 Å². The summed E-state index contributed by atoms with van der Waals surface area (Å²) in [6, 6.07) is 4.55. The molecule has 0 heterocycles. The van der Waals surface area contributed by atoms with E-state index in [4.69, 9.17) is 16.7 Å². The minimum atomic E-state index is -0.223. The lowest BCUT2D eigenvalue weighted by molar-refractivity contribution is 0.230. The van der Waals surface area contributed by atoms with Gasteiger partial charge in [-0.1, -0.05) is 18.5 Å². The van der Waals surface area contributed by atoms with Crippen LogP contribution in [0.3, 0.4) is 0 Å². The zero-order chi connectivity index (χ0) is 10.6. The Morgan fingerprint density at radius 1 is 1.50 bits per heavy atom. The maximum atomic E-state index is 13.2. The van der Waals surface area contributed by atoms with Crippen LogP contribution in [0.4, 0.5) is 4.39 Å². The zero-order valence-electron chi connectivity index (χ0n) is 8.13. The van der Waals surface area contributed by atoms with E-state index in [1.807, 2.05) is 6.92 Å². The van der Waals surface area contributed by atoms with Gasteiger partial charge < -0.3 is 5.11 Å². The Balaban J connectivity index is 2.62. The molecule has 0 radical (unpaired) electrons. The summed E-state index contributed by atoms with van der Waals surface area (Å²) in [5, 5.41) is 9.37. The van der Waals surface area contributed by atoms with Crippen LogP contribution in [0, 0.1) is 11.7 Å². The normalized spacial score (nSPS) is 12.9. The van der Waals surface area contributed by atoms with E-state index in [0.717, 1.165) is 6.42 Å². The van der Waals surface area contributed by atoms with Crippen LogP contribution in [-0.4, -0.2) is 11.7 Å². The highest BCUT2D eigenvalue weighted by Gasteiger charge is 2.05. The highest BCUT2D eigenvalue weighted by Crippen LogP contribution is 2.17. The van der Waals surface area contributed by atoms with E-state index in [1.165, 1.54) is 12.1 Å². The highest BCUT2D eigenvalue weighted by atomic mass is 35.5. The Morgan fingerprint density at radius 3 is 2.86 bits per heavy atom. The smallest absolute Gasteiger partial charge is 0.126 e. The van der Waals surface area contributed by atoms with Crippen molar-refractivity contribution in [2.45, 2.75) is 19.8 Å². The van der Waals surface area contributed by atoms with E-state index in [0.29, 0.717) is 17.0 Å². The van der Waals surface area contributed by atoms with Gasteiger partial charge in [0.05, 0.1) is 0 Å². The van der Waals surface area contributed by atoms with E-state index in [9.17, 15) is 4.39 Å². The van der Waals surface area contributed by atoms with Crippen LogP contribution in [-0.2, 0) is 6.42 Å². The van der Waals surface area contributed by atoms with Crippen LogP contribution in [0.15, 0.2) is 18.2 Å². The molecule has 0 aromatic heterocycles. The summed E-state index contributed by atoms with van der Waals surface area (Å²) in [5.74, 6) is -0.0204. The summed E-state index contributed by atoms with van der Waals surface area (Å²) in [5.41, 5.74) is 0.623. The van der Waals surface area contributed by atoms with Crippen LogP contribution in [0.25, 0.3) is 0 Å². The predicted molar refractivity (Wildman–Crippen MR) is 56.0 cm³/mol. The summed E-state index contributed by atoms with van der Waals surface area (Å²) in [4.78, 5) is 0. The number of hydrogen-bond donors (Lipinski definition) is 1. The van der Waals surface area contributed by atoms with Crippen molar-refractivity contribution in [1.82, 2.24) is 0 Å². The van der Waals surface area contributed by atoms with Crippen LogP contribution in [0.5, 0.6) is 0 Å². The summed E-state index contributed by atoms with van der Waals surface area (Å²) >= 11 is 5.75. The number of aryl methyl sites for hydroxylation is 1. The maximum Gasteiger partial charge on any atom is 0.126 e. The molecule has 0 fully saturated rings. The van der Waals surface area contributed by atoms with E-state index in [1.54, 1.807) is 6.07 Å². The van der Waals surface area contributed by atoms with Crippen molar-refractivity contribution < 1.29 is 9.50 Å². The number of hydrogen-bond acceptors (Lipinski definition) is 1. The van der Waals surface area contributed by atoms with Crippen LogP contribution in [0.2, 0.25) is 5.02 Å². The first-order chi connectivity index (χ1) is 6.63. The first-order valence-corrected chi connectivity index (χ1v) is 5.06. The van der Waals surface area contributed by atoms with E-state index in [-0.39, 0.29) is 18.3 Å². The van der Waals surface area contributed by atoms with Gasteiger partial charge in [0.25, 0.3) is 0 Å². The average molecular weight is 217 g/mol. The summed E-state index contributed by atoms with van der Waals surface area (Å²) in [6.07, 6.45) is 1.39. The van der Waals surface area contributed by atoms with E-state index < -0.39 is 0 Å². The van der Waals surface area contributed by atoms with Gasteiger partial charge in [0.15, 0.2) is 0 Å². The highest BCUT2D eigenvalue weighted by molar-refractivity contribution is 6.30. The van der Waals surface area contributed by atoms with Gasteiger partial charge in [-0.3, -0.25) is 0 Å². The Hall–Kier alpha value is -0.600. The molecule has 1 aromatic carbocycles. The third-order valence-electron chi connectivity index (χ3n) is 2.23. The van der Waals surface area contributed by atoms with Gasteiger partial charge >= 0.3 is 0 Å². The molecule has 1 atom stereocenters. The van der Waals surface area contributed by atoms with Gasteiger partial charge in [-0.2, -0.15) is 0 Å². The molecular weight excluding hydrogens is 203 g/mol. The molecule has 14 heavy (non-hydrogen) atoms. The molecule has 3 heteroatoms. The second kappa shape index (κ2) is 5.32. The Morgan fingerprint density at radius 2 is 2.21 bits per heavy atom. The molecule has 1 aromatic rings. The predicted octanol–water partition coefficient (Wildman–Crippen LogP) is 3.04. The van der Waals surface area contributed by atoms with Gasteiger partial charge in [-0.05, 0) is 42.5 Å². The lowest BCUT2D eigenvalue weighted by Crippen LogP contribution is -2.03. The van der Waals surface area contributed by atoms with Crippen LogP contribution in [0.1, 0.15) is 18.9 Å². The van der Waals surface area contributed by atoms with Crippen molar-refractivity contribution in [1.29, 1.82) is 0 Å². The molecule has 0 aliphatic carbocycles. The second-order valence-electron chi connectivity index (χ2n) is 3.56. The average Bonchev–Trinajstić information content (AvgIpc) is 2.19. The monoisotopic (exact) mass is 216 g/mol. The lowest BCUT2D eigenvalue weighted by atomic mass is 10.0. The van der Waals surface area contributed by atoms with Crippen molar-refractivity contribution >= 4 is 11.6 Å². The molecule has 1 rings (SSSR count). The molecule has 78 valence electrons. The van der Waals surface area contributed by atoms with E-state index >= 15 is 0 Å². The molecular formula is C11H14ClFO.